The molecule has 96 valence electrons. The molecule has 0 saturated heterocycles. The molecule has 1 heterocycles. The number of benzene rings is 1. The largest absolute Gasteiger partial charge is 0.492 e. The van der Waals surface area contributed by atoms with E-state index in [2.05, 4.69) is 21.0 Å². The van der Waals surface area contributed by atoms with E-state index in [9.17, 15) is 0 Å². The minimum Gasteiger partial charge on any atom is -0.492 e. The topological polar surface area (TPSA) is 27.1 Å². The first-order chi connectivity index (χ1) is 8.58. The SMILES string of the molecule is Cc1nn(CCOc2cccc(Cl)c2)c(C)c1Br. The van der Waals surface area contributed by atoms with Crippen LogP contribution in [0.5, 0.6) is 5.75 Å². The Hall–Kier alpha value is -1.000. The predicted molar refractivity (Wildman–Crippen MR) is 76.3 cm³/mol. The molecule has 0 aliphatic rings. The fourth-order valence-electron chi connectivity index (χ4n) is 1.70. The van der Waals surface area contributed by atoms with E-state index >= 15 is 0 Å². The van der Waals surface area contributed by atoms with E-state index in [4.69, 9.17) is 16.3 Å². The highest BCUT2D eigenvalue weighted by Crippen LogP contribution is 2.20. The zero-order chi connectivity index (χ0) is 13.1. The summed E-state index contributed by atoms with van der Waals surface area (Å²) in [4.78, 5) is 0. The van der Waals surface area contributed by atoms with Gasteiger partial charge >= 0.3 is 0 Å². The van der Waals surface area contributed by atoms with Crippen molar-refractivity contribution < 1.29 is 4.74 Å². The maximum atomic E-state index is 5.89. The minimum atomic E-state index is 0.564. The maximum absolute atomic E-state index is 5.89. The summed E-state index contributed by atoms with van der Waals surface area (Å²) in [5.74, 6) is 0.781. The smallest absolute Gasteiger partial charge is 0.120 e. The second-order valence-electron chi connectivity index (χ2n) is 4.01. The van der Waals surface area contributed by atoms with E-state index in [0.717, 1.165) is 21.6 Å². The number of ether oxygens (including phenoxy) is 1. The second kappa shape index (κ2) is 5.76. The molecule has 1 aromatic heterocycles. The first-order valence-electron chi connectivity index (χ1n) is 5.66. The van der Waals surface area contributed by atoms with Crippen molar-refractivity contribution in [2.75, 3.05) is 6.61 Å². The summed E-state index contributed by atoms with van der Waals surface area (Å²) in [6.45, 7) is 5.29. The molecule has 18 heavy (non-hydrogen) atoms. The fraction of sp³-hybridized carbons (Fsp3) is 0.308. The van der Waals surface area contributed by atoms with E-state index in [-0.39, 0.29) is 0 Å². The number of halogens is 2. The van der Waals surface area contributed by atoms with E-state index in [0.29, 0.717) is 18.2 Å². The Kier molecular flexibility index (Phi) is 4.30. The first kappa shape index (κ1) is 13.4. The van der Waals surface area contributed by atoms with Gasteiger partial charge in [0.05, 0.1) is 16.7 Å². The van der Waals surface area contributed by atoms with Crippen molar-refractivity contribution in [2.24, 2.45) is 0 Å². The quantitative estimate of drug-likeness (QED) is 0.848. The van der Waals surface area contributed by atoms with Crippen LogP contribution in [-0.4, -0.2) is 16.4 Å². The van der Waals surface area contributed by atoms with Gasteiger partial charge in [0.15, 0.2) is 0 Å². The Morgan fingerprint density at radius 3 is 2.78 bits per heavy atom. The summed E-state index contributed by atoms with van der Waals surface area (Å²) < 4.78 is 8.63. The average Bonchev–Trinajstić information content (AvgIpc) is 2.57. The highest BCUT2D eigenvalue weighted by molar-refractivity contribution is 9.10. The van der Waals surface area contributed by atoms with Gasteiger partial charge in [-0.05, 0) is 48.0 Å². The molecular weight excluding hydrogens is 316 g/mol. The third-order valence-electron chi connectivity index (χ3n) is 2.66. The summed E-state index contributed by atoms with van der Waals surface area (Å²) in [6.07, 6.45) is 0. The molecule has 0 amide bonds. The van der Waals surface area contributed by atoms with Gasteiger partial charge in [-0.3, -0.25) is 4.68 Å². The van der Waals surface area contributed by atoms with Crippen LogP contribution in [0.2, 0.25) is 5.02 Å². The third-order valence-corrected chi connectivity index (χ3v) is 4.04. The van der Waals surface area contributed by atoms with Crippen molar-refractivity contribution in [1.82, 2.24) is 9.78 Å². The molecule has 0 unspecified atom stereocenters. The molecule has 0 saturated carbocycles. The van der Waals surface area contributed by atoms with Crippen LogP contribution in [-0.2, 0) is 6.54 Å². The summed E-state index contributed by atoms with van der Waals surface area (Å²) in [5.41, 5.74) is 2.11. The van der Waals surface area contributed by atoms with Crippen molar-refractivity contribution >= 4 is 27.5 Å². The van der Waals surface area contributed by atoms with E-state index < -0.39 is 0 Å². The van der Waals surface area contributed by atoms with Gasteiger partial charge < -0.3 is 4.74 Å². The molecule has 0 bridgehead atoms. The molecule has 5 heteroatoms. The average molecular weight is 330 g/mol. The van der Waals surface area contributed by atoms with E-state index in [1.807, 2.05) is 36.7 Å². The van der Waals surface area contributed by atoms with Crippen LogP contribution >= 0.6 is 27.5 Å². The van der Waals surface area contributed by atoms with Gasteiger partial charge in [-0.15, -0.1) is 0 Å². The second-order valence-corrected chi connectivity index (χ2v) is 5.24. The van der Waals surface area contributed by atoms with Crippen LogP contribution in [0.1, 0.15) is 11.4 Å². The lowest BCUT2D eigenvalue weighted by Crippen LogP contribution is -2.10. The van der Waals surface area contributed by atoms with Crippen molar-refractivity contribution in [3.63, 3.8) is 0 Å². The molecule has 0 spiro atoms. The third kappa shape index (κ3) is 3.06. The zero-order valence-corrected chi connectivity index (χ0v) is 12.6. The molecular formula is C13H14BrClN2O. The van der Waals surface area contributed by atoms with Crippen LogP contribution in [0.15, 0.2) is 28.7 Å². The van der Waals surface area contributed by atoms with E-state index in [1.54, 1.807) is 6.07 Å². The lowest BCUT2D eigenvalue weighted by atomic mass is 10.3. The number of hydrogen-bond donors (Lipinski definition) is 0. The Balaban J connectivity index is 1.94. The van der Waals surface area contributed by atoms with E-state index in [1.165, 1.54) is 0 Å². The Bertz CT molecular complexity index is 554. The summed E-state index contributed by atoms with van der Waals surface area (Å²) in [7, 11) is 0. The summed E-state index contributed by atoms with van der Waals surface area (Å²) >= 11 is 9.39. The van der Waals surface area contributed by atoms with Gasteiger partial charge in [0, 0.05) is 10.7 Å². The molecule has 0 N–H and O–H groups in total. The summed E-state index contributed by atoms with van der Waals surface area (Å²) in [6, 6.07) is 7.39. The molecule has 0 aliphatic heterocycles. The molecule has 0 aliphatic carbocycles. The van der Waals surface area contributed by atoms with Crippen LogP contribution in [0.25, 0.3) is 0 Å². The Labute approximate surface area is 120 Å². The fourth-order valence-corrected chi connectivity index (χ4v) is 2.16. The molecule has 3 nitrogen and oxygen atoms in total. The standard InChI is InChI=1S/C13H14BrClN2O/c1-9-13(14)10(2)17(16-9)6-7-18-12-5-3-4-11(15)8-12/h3-5,8H,6-7H2,1-2H3. The van der Waals surface area contributed by atoms with Crippen molar-refractivity contribution in [3.05, 3.63) is 45.1 Å². The Morgan fingerprint density at radius 1 is 1.39 bits per heavy atom. The maximum Gasteiger partial charge on any atom is 0.120 e. The van der Waals surface area contributed by atoms with Crippen LogP contribution in [0.4, 0.5) is 0 Å². The molecule has 2 aromatic rings. The molecule has 0 fully saturated rings. The van der Waals surface area contributed by atoms with Crippen LogP contribution < -0.4 is 4.74 Å². The van der Waals surface area contributed by atoms with Crippen LogP contribution in [0, 0.1) is 13.8 Å². The van der Waals surface area contributed by atoms with Crippen molar-refractivity contribution in [2.45, 2.75) is 20.4 Å². The first-order valence-corrected chi connectivity index (χ1v) is 6.83. The lowest BCUT2D eigenvalue weighted by Gasteiger charge is -2.07. The highest BCUT2D eigenvalue weighted by Gasteiger charge is 2.08. The van der Waals surface area contributed by atoms with Gasteiger partial charge in [0.1, 0.15) is 12.4 Å². The van der Waals surface area contributed by atoms with Crippen molar-refractivity contribution in [3.8, 4) is 5.75 Å². The zero-order valence-electron chi connectivity index (χ0n) is 10.3. The number of rotatable bonds is 4. The summed E-state index contributed by atoms with van der Waals surface area (Å²) in [5, 5.41) is 5.10. The monoisotopic (exact) mass is 328 g/mol. The number of nitrogens with zero attached hydrogens (tertiary/aromatic N) is 2. The molecule has 2 rings (SSSR count). The normalized spacial score (nSPS) is 10.7. The van der Waals surface area contributed by atoms with Gasteiger partial charge in [-0.25, -0.2) is 0 Å². The number of aromatic nitrogens is 2. The predicted octanol–water partition coefficient (Wildman–Crippen LogP) is 3.99. The number of hydrogen-bond acceptors (Lipinski definition) is 2. The van der Waals surface area contributed by atoms with Gasteiger partial charge in [0.2, 0.25) is 0 Å². The van der Waals surface area contributed by atoms with Gasteiger partial charge in [-0.1, -0.05) is 17.7 Å². The highest BCUT2D eigenvalue weighted by atomic mass is 79.9. The Morgan fingerprint density at radius 2 is 2.17 bits per heavy atom. The molecule has 0 radical (unpaired) electrons. The molecule has 0 atom stereocenters. The van der Waals surface area contributed by atoms with Crippen molar-refractivity contribution in [1.29, 1.82) is 0 Å². The van der Waals surface area contributed by atoms with Gasteiger partial charge in [-0.2, -0.15) is 5.10 Å². The lowest BCUT2D eigenvalue weighted by molar-refractivity contribution is 0.289. The molecule has 1 aromatic carbocycles. The van der Waals surface area contributed by atoms with Gasteiger partial charge in [0.25, 0.3) is 0 Å². The van der Waals surface area contributed by atoms with Crippen LogP contribution in [0.3, 0.4) is 0 Å². The number of aryl methyl sites for hydroxylation is 1. The minimum absolute atomic E-state index is 0.564.